The summed E-state index contributed by atoms with van der Waals surface area (Å²) >= 11 is 2.09. The second kappa shape index (κ2) is 6.19. The smallest absolute Gasteiger partial charge is 0.0412 e. The molecule has 2 rings (SSSR count). The first-order valence-corrected chi connectivity index (χ1v) is 8.17. The fraction of sp³-hybridized carbons (Fsp3) is 0.625. The molecule has 106 valence electrons. The molecule has 1 fully saturated rings. The van der Waals surface area contributed by atoms with Crippen LogP contribution in [-0.4, -0.2) is 29.6 Å². The van der Waals surface area contributed by atoms with Crippen molar-refractivity contribution in [3.63, 3.8) is 0 Å². The van der Waals surface area contributed by atoms with Gasteiger partial charge in [-0.3, -0.25) is 0 Å². The van der Waals surface area contributed by atoms with E-state index in [0.717, 1.165) is 19.6 Å². The summed E-state index contributed by atoms with van der Waals surface area (Å²) in [5.74, 6) is 1.22. The summed E-state index contributed by atoms with van der Waals surface area (Å²) in [7, 11) is 0. The molecule has 1 aromatic rings. The van der Waals surface area contributed by atoms with Crippen LogP contribution in [0, 0.1) is 0 Å². The highest BCUT2D eigenvalue weighted by atomic mass is 32.2. The van der Waals surface area contributed by atoms with E-state index in [-0.39, 0.29) is 0 Å². The molecule has 0 aliphatic carbocycles. The van der Waals surface area contributed by atoms with E-state index in [1.165, 1.54) is 17.0 Å². The first kappa shape index (κ1) is 14.7. The molecule has 1 aromatic carbocycles. The minimum atomic E-state index is 0.358. The maximum atomic E-state index is 3.53. The minimum Gasteiger partial charge on any atom is -0.369 e. The average Bonchev–Trinajstić information content (AvgIpc) is 2.35. The molecule has 0 unspecified atom stereocenters. The third-order valence-corrected chi connectivity index (χ3v) is 4.76. The molecule has 1 heterocycles. The second-order valence-electron chi connectivity index (χ2n) is 6.19. The highest BCUT2D eigenvalue weighted by Crippen LogP contribution is 2.33. The van der Waals surface area contributed by atoms with Crippen LogP contribution in [0.2, 0.25) is 0 Å². The summed E-state index contributed by atoms with van der Waals surface area (Å²) in [6, 6.07) is 9.35. The maximum absolute atomic E-state index is 3.53. The van der Waals surface area contributed by atoms with E-state index < -0.39 is 0 Å². The summed E-state index contributed by atoms with van der Waals surface area (Å²) in [5, 5.41) is 3.53. The first-order valence-electron chi connectivity index (χ1n) is 7.18. The zero-order valence-electron chi connectivity index (χ0n) is 12.6. The highest BCUT2D eigenvalue weighted by Gasteiger charge is 2.27. The van der Waals surface area contributed by atoms with Gasteiger partial charge in [0.05, 0.1) is 0 Å². The van der Waals surface area contributed by atoms with Gasteiger partial charge < -0.3 is 10.2 Å². The second-order valence-corrected chi connectivity index (χ2v) is 8.00. The van der Waals surface area contributed by atoms with Crippen molar-refractivity contribution < 1.29 is 0 Å². The van der Waals surface area contributed by atoms with Crippen LogP contribution in [0.1, 0.15) is 33.3 Å². The van der Waals surface area contributed by atoms with Crippen molar-refractivity contribution in [2.75, 3.05) is 23.7 Å². The number of rotatable bonds is 4. The molecular weight excluding hydrogens is 252 g/mol. The lowest BCUT2D eigenvalue weighted by Crippen LogP contribution is -2.43. The van der Waals surface area contributed by atoms with Gasteiger partial charge in [0.1, 0.15) is 0 Å². The van der Waals surface area contributed by atoms with Crippen molar-refractivity contribution in [3.05, 3.63) is 29.8 Å². The van der Waals surface area contributed by atoms with Crippen LogP contribution in [0.5, 0.6) is 0 Å². The molecule has 0 aromatic heterocycles. The molecule has 1 aliphatic heterocycles. The van der Waals surface area contributed by atoms with E-state index in [1.54, 1.807) is 0 Å². The Hall–Kier alpha value is -0.670. The Morgan fingerprint density at radius 1 is 1.32 bits per heavy atom. The Balaban J connectivity index is 2.14. The summed E-state index contributed by atoms with van der Waals surface area (Å²) < 4.78 is 0.358. The molecule has 0 atom stereocenters. The molecule has 1 saturated heterocycles. The topological polar surface area (TPSA) is 15.3 Å². The Morgan fingerprint density at radius 2 is 2.05 bits per heavy atom. The van der Waals surface area contributed by atoms with Crippen LogP contribution >= 0.6 is 11.8 Å². The Labute approximate surface area is 122 Å². The lowest BCUT2D eigenvalue weighted by Gasteiger charge is -2.39. The van der Waals surface area contributed by atoms with Gasteiger partial charge >= 0.3 is 0 Å². The maximum Gasteiger partial charge on any atom is 0.0412 e. The number of thioether (sulfide) groups is 1. The standard InChI is InChI=1S/C16H26N2S/c1-13(2)17-11-14-7-5-6-8-15(14)18-9-10-19-16(3,4)12-18/h5-8,13,17H,9-12H2,1-4H3. The summed E-state index contributed by atoms with van der Waals surface area (Å²) in [5.41, 5.74) is 2.82. The van der Waals surface area contributed by atoms with Gasteiger partial charge in [-0.2, -0.15) is 11.8 Å². The molecule has 3 heteroatoms. The Kier molecular flexibility index (Phi) is 4.80. The van der Waals surface area contributed by atoms with Gasteiger partial charge in [-0.25, -0.2) is 0 Å². The highest BCUT2D eigenvalue weighted by molar-refractivity contribution is 8.00. The SMILES string of the molecule is CC(C)NCc1ccccc1N1CCSC(C)(C)C1. The third kappa shape index (κ3) is 4.15. The quantitative estimate of drug-likeness (QED) is 0.907. The molecule has 0 radical (unpaired) electrons. The van der Waals surface area contributed by atoms with Crippen molar-refractivity contribution in [3.8, 4) is 0 Å². The van der Waals surface area contributed by atoms with E-state index in [2.05, 4.69) is 73.9 Å². The van der Waals surface area contributed by atoms with Crippen LogP contribution in [0.15, 0.2) is 24.3 Å². The predicted molar refractivity (Wildman–Crippen MR) is 87.2 cm³/mol. The van der Waals surface area contributed by atoms with Crippen LogP contribution in [0.4, 0.5) is 5.69 Å². The summed E-state index contributed by atoms with van der Waals surface area (Å²) in [6.45, 7) is 12.3. The van der Waals surface area contributed by atoms with E-state index in [9.17, 15) is 0 Å². The fourth-order valence-electron chi connectivity index (χ4n) is 2.50. The van der Waals surface area contributed by atoms with Gasteiger partial charge in [-0.1, -0.05) is 32.0 Å². The lowest BCUT2D eigenvalue weighted by molar-refractivity contribution is 0.585. The molecule has 0 amide bonds. The van der Waals surface area contributed by atoms with E-state index in [0.29, 0.717) is 10.8 Å². The van der Waals surface area contributed by atoms with Crippen LogP contribution in [-0.2, 0) is 6.54 Å². The van der Waals surface area contributed by atoms with Gasteiger partial charge in [0, 0.05) is 41.9 Å². The Bertz CT molecular complexity index is 415. The van der Waals surface area contributed by atoms with Gasteiger partial charge in [0.15, 0.2) is 0 Å². The molecule has 0 bridgehead atoms. The minimum absolute atomic E-state index is 0.358. The van der Waals surface area contributed by atoms with Crippen LogP contribution in [0.25, 0.3) is 0 Å². The Morgan fingerprint density at radius 3 is 2.74 bits per heavy atom. The summed E-state index contributed by atoms with van der Waals surface area (Å²) in [6.07, 6.45) is 0. The zero-order valence-corrected chi connectivity index (χ0v) is 13.4. The molecule has 0 saturated carbocycles. The van der Waals surface area contributed by atoms with E-state index in [1.807, 2.05) is 0 Å². The number of para-hydroxylation sites is 1. The third-order valence-electron chi connectivity index (χ3n) is 3.46. The monoisotopic (exact) mass is 278 g/mol. The number of nitrogens with one attached hydrogen (secondary N) is 1. The molecule has 2 nitrogen and oxygen atoms in total. The molecule has 0 spiro atoms. The predicted octanol–water partition coefficient (Wildman–Crippen LogP) is 3.52. The largest absolute Gasteiger partial charge is 0.369 e. The van der Waals surface area contributed by atoms with E-state index >= 15 is 0 Å². The summed E-state index contributed by atoms with van der Waals surface area (Å²) in [4.78, 5) is 2.55. The van der Waals surface area contributed by atoms with Crippen molar-refractivity contribution in [2.24, 2.45) is 0 Å². The van der Waals surface area contributed by atoms with Crippen molar-refractivity contribution in [1.82, 2.24) is 5.32 Å². The number of benzene rings is 1. The molecular formula is C16H26N2S. The number of hydrogen-bond donors (Lipinski definition) is 1. The van der Waals surface area contributed by atoms with Gasteiger partial charge in [0.25, 0.3) is 0 Å². The van der Waals surface area contributed by atoms with Gasteiger partial charge in [-0.05, 0) is 25.5 Å². The van der Waals surface area contributed by atoms with Crippen molar-refractivity contribution in [1.29, 1.82) is 0 Å². The number of anilines is 1. The molecule has 1 aliphatic rings. The normalized spacial score (nSPS) is 18.9. The number of nitrogens with zero attached hydrogens (tertiary/aromatic N) is 1. The van der Waals surface area contributed by atoms with Crippen molar-refractivity contribution >= 4 is 17.4 Å². The van der Waals surface area contributed by atoms with Gasteiger partial charge in [-0.15, -0.1) is 0 Å². The zero-order chi connectivity index (χ0) is 13.9. The lowest BCUT2D eigenvalue weighted by atomic mass is 10.1. The molecule has 19 heavy (non-hydrogen) atoms. The first-order chi connectivity index (χ1) is 8.98. The van der Waals surface area contributed by atoms with Crippen LogP contribution in [0.3, 0.4) is 0 Å². The number of hydrogen-bond acceptors (Lipinski definition) is 3. The van der Waals surface area contributed by atoms with E-state index in [4.69, 9.17) is 0 Å². The van der Waals surface area contributed by atoms with Crippen LogP contribution < -0.4 is 10.2 Å². The van der Waals surface area contributed by atoms with Gasteiger partial charge in [0.2, 0.25) is 0 Å². The van der Waals surface area contributed by atoms with Crippen molar-refractivity contribution in [2.45, 2.75) is 45.0 Å². The fourth-order valence-corrected chi connectivity index (χ4v) is 3.62. The molecule has 1 N–H and O–H groups in total. The average molecular weight is 278 g/mol.